The van der Waals surface area contributed by atoms with Gasteiger partial charge in [0, 0.05) is 19.0 Å². The summed E-state index contributed by atoms with van der Waals surface area (Å²) in [5, 5.41) is 15.6. The Kier molecular flexibility index (Phi) is 3.39. The van der Waals surface area contributed by atoms with Crippen molar-refractivity contribution in [3.63, 3.8) is 0 Å². The lowest BCUT2D eigenvalue weighted by atomic mass is 10.2. The van der Waals surface area contributed by atoms with Gasteiger partial charge in [-0.25, -0.2) is 0 Å². The maximum atomic E-state index is 9.25. The Bertz CT molecular complexity index is 577. The second kappa shape index (κ2) is 4.83. The molecular weight excluding hydrogens is 244 g/mol. The summed E-state index contributed by atoms with van der Waals surface area (Å²) in [7, 11) is 3.88. The van der Waals surface area contributed by atoms with Crippen molar-refractivity contribution in [2.45, 2.75) is 19.9 Å². The lowest BCUT2D eigenvalue weighted by Gasteiger charge is -2.26. The lowest BCUT2D eigenvalue weighted by molar-refractivity contribution is 0.679. The molecule has 0 aliphatic carbocycles. The van der Waals surface area contributed by atoms with Gasteiger partial charge in [-0.1, -0.05) is 6.07 Å². The number of thiophene rings is 1. The highest BCUT2D eigenvalue weighted by Gasteiger charge is 2.21. The zero-order chi connectivity index (χ0) is 13.3. The van der Waals surface area contributed by atoms with Crippen molar-refractivity contribution < 1.29 is 0 Å². The van der Waals surface area contributed by atoms with Crippen molar-refractivity contribution in [3.8, 4) is 6.07 Å². The number of aromatic nitrogens is 2. The Labute approximate surface area is 111 Å². The van der Waals surface area contributed by atoms with E-state index in [-0.39, 0.29) is 6.04 Å². The fourth-order valence-corrected chi connectivity index (χ4v) is 2.91. The van der Waals surface area contributed by atoms with Crippen LogP contribution in [0, 0.1) is 18.3 Å². The summed E-state index contributed by atoms with van der Waals surface area (Å²) in [6.07, 6.45) is 0. The topological polar surface area (TPSA) is 44.9 Å². The van der Waals surface area contributed by atoms with Crippen LogP contribution in [0.5, 0.6) is 0 Å². The first-order valence-corrected chi connectivity index (χ1v) is 6.64. The predicted octanol–water partition coefficient (Wildman–Crippen LogP) is 2.86. The van der Waals surface area contributed by atoms with E-state index < -0.39 is 0 Å². The largest absolute Gasteiger partial charge is 0.351 e. The van der Waals surface area contributed by atoms with Gasteiger partial charge in [-0.2, -0.15) is 10.4 Å². The van der Waals surface area contributed by atoms with Gasteiger partial charge in [-0.3, -0.25) is 4.68 Å². The molecule has 2 heterocycles. The van der Waals surface area contributed by atoms with Crippen molar-refractivity contribution in [2.24, 2.45) is 7.05 Å². The van der Waals surface area contributed by atoms with E-state index in [2.05, 4.69) is 34.4 Å². The van der Waals surface area contributed by atoms with Crippen molar-refractivity contribution in [1.82, 2.24) is 9.78 Å². The van der Waals surface area contributed by atoms with Crippen LogP contribution in [0.3, 0.4) is 0 Å². The third kappa shape index (κ3) is 2.00. The number of nitriles is 1. The van der Waals surface area contributed by atoms with Gasteiger partial charge in [0.15, 0.2) is 0 Å². The van der Waals surface area contributed by atoms with Gasteiger partial charge in [-0.15, -0.1) is 11.3 Å². The van der Waals surface area contributed by atoms with Gasteiger partial charge in [0.2, 0.25) is 0 Å². The van der Waals surface area contributed by atoms with E-state index in [1.165, 1.54) is 4.88 Å². The van der Waals surface area contributed by atoms with Crippen LogP contribution in [0.25, 0.3) is 0 Å². The van der Waals surface area contributed by atoms with Gasteiger partial charge >= 0.3 is 0 Å². The summed E-state index contributed by atoms with van der Waals surface area (Å²) in [5.41, 5.74) is 1.43. The van der Waals surface area contributed by atoms with Crippen molar-refractivity contribution in [1.29, 1.82) is 5.26 Å². The molecule has 0 saturated carbocycles. The number of rotatable bonds is 3. The molecule has 0 spiro atoms. The molecule has 2 rings (SSSR count). The molecule has 0 radical (unpaired) electrons. The Morgan fingerprint density at radius 2 is 2.28 bits per heavy atom. The van der Waals surface area contributed by atoms with Crippen LogP contribution < -0.4 is 4.90 Å². The Hall–Kier alpha value is -1.80. The highest BCUT2D eigenvalue weighted by molar-refractivity contribution is 7.10. The summed E-state index contributed by atoms with van der Waals surface area (Å²) in [4.78, 5) is 3.38. The van der Waals surface area contributed by atoms with Crippen LogP contribution in [0.4, 0.5) is 5.82 Å². The normalized spacial score (nSPS) is 12.2. The standard InChI is InChI=1S/C13H16N4S/c1-9-11(8-14)13(17(4)15-9)16(3)10(2)12-6-5-7-18-12/h5-7,10H,1-4H3. The van der Waals surface area contributed by atoms with Gasteiger partial charge < -0.3 is 4.90 Å². The first kappa shape index (κ1) is 12.7. The van der Waals surface area contributed by atoms with Crippen LogP contribution in [0.1, 0.15) is 29.1 Å². The highest BCUT2D eigenvalue weighted by Crippen LogP contribution is 2.30. The SMILES string of the molecule is Cc1nn(C)c(N(C)C(C)c2cccs2)c1C#N. The molecule has 1 unspecified atom stereocenters. The molecule has 0 aliphatic rings. The summed E-state index contributed by atoms with van der Waals surface area (Å²) in [6.45, 7) is 4.00. The highest BCUT2D eigenvalue weighted by atomic mass is 32.1. The first-order chi connectivity index (χ1) is 8.56. The minimum Gasteiger partial charge on any atom is -0.351 e. The molecule has 0 N–H and O–H groups in total. The van der Waals surface area contributed by atoms with Crippen molar-refractivity contribution >= 4 is 17.2 Å². The van der Waals surface area contributed by atoms with E-state index in [1.54, 1.807) is 16.0 Å². The maximum Gasteiger partial charge on any atom is 0.145 e. The Morgan fingerprint density at radius 3 is 2.83 bits per heavy atom. The minimum atomic E-state index is 0.229. The van der Waals surface area contributed by atoms with Crippen LogP contribution in [0.15, 0.2) is 17.5 Å². The lowest BCUT2D eigenvalue weighted by Crippen LogP contribution is -2.24. The molecule has 0 aromatic carbocycles. The van der Waals surface area contributed by atoms with E-state index in [1.807, 2.05) is 27.1 Å². The predicted molar refractivity (Wildman–Crippen MR) is 73.8 cm³/mol. The Morgan fingerprint density at radius 1 is 1.56 bits per heavy atom. The van der Waals surface area contributed by atoms with E-state index >= 15 is 0 Å². The maximum absolute atomic E-state index is 9.25. The average Bonchev–Trinajstić information content (AvgIpc) is 2.94. The molecule has 5 heteroatoms. The summed E-state index contributed by atoms with van der Waals surface area (Å²) >= 11 is 1.73. The third-order valence-corrected chi connectivity index (χ3v) is 4.22. The number of aryl methyl sites for hydroxylation is 2. The molecule has 0 amide bonds. The fourth-order valence-electron chi connectivity index (χ4n) is 2.08. The molecule has 0 bridgehead atoms. The Balaban J connectivity index is 2.41. The van der Waals surface area contributed by atoms with Crippen molar-refractivity contribution in [2.75, 3.05) is 11.9 Å². The molecule has 18 heavy (non-hydrogen) atoms. The summed E-state index contributed by atoms with van der Waals surface area (Å²) in [5.74, 6) is 0.871. The number of hydrogen-bond donors (Lipinski definition) is 0. The average molecular weight is 260 g/mol. The quantitative estimate of drug-likeness (QED) is 0.852. The second-order valence-electron chi connectivity index (χ2n) is 4.32. The van der Waals surface area contributed by atoms with Crippen LogP contribution >= 0.6 is 11.3 Å². The molecule has 0 aliphatic heterocycles. The van der Waals surface area contributed by atoms with E-state index in [0.29, 0.717) is 5.56 Å². The van der Waals surface area contributed by atoms with E-state index in [4.69, 9.17) is 0 Å². The number of anilines is 1. The zero-order valence-electron chi connectivity index (χ0n) is 11.0. The van der Waals surface area contributed by atoms with Gasteiger partial charge in [0.1, 0.15) is 17.5 Å². The molecule has 2 aromatic rings. The van der Waals surface area contributed by atoms with E-state index in [9.17, 15) is 5.26 Å². The van der Waals surface area contributed by atoms with Crippen LogP contribution in [0.2, 0.25) is 0 Å². The van der Waals surface area contributed by atoms with Crippen LogP contribution in [-0.4, -0.2) is 16.8 Å². The van der Waals surface area contributed by atoms with Crippen molar-refractivity contribution in [3.05, 3.63) is 33.6 Å². The molecule has 4 nitrogen and oxygen atoms in total. The summed E-state index contributed by atoms with van der Waals surface area (Å²) in [6, 6.07) is 6.63. The molecule has 94 valence electrons. The molecular formula is C13H16N4S. The van der Waals surface area contributed by atoms with E-state index in [0.717, 1.165) is 11.5 Å². The second-order valence-corrected chi connectivity index (χ2v) is 5.30. The molecule has 0 fully saturated rings. The molecule has 2 aromatic heterocycles. The first-order valence-electron chi connectivity index (χ1n) is 5.76. The van der Waals surface area contributed by atoms with Crippen LogP contribution in [-0.2, 0) is 7.05 Å². The molecule has 0 saturated heterocycles. The van der Waals surface area contributed by atoms with Gasteiger partial charge in [0.25, 0.3) is 0 Å². The fraction of sp³-hybridized carbons (Fsp3) is 0.385. The summed E-state index contributed by atoms with van der Waals surface area (Å²) < 4.78 is 1.78. The number of nitrogens with zero attached hydrogens (tertiary/aromatic N) is 4. The zero-order valence-corrected chi connectivity index (χ0v) is 11.8. The minimum absolute atomic E-state index is 0.229. The molecule has 1 atom stereocenters. The smallest absolute Gasteiger partial charge is 0.145 e. The monoisotopic (exact) mass is 260 g/mol. The third-order valence-electron chi connectivity index (χ3n) is 3.17. The van der Waals surface area contributed by atoms with Gasteiger partial charge in [0.05, 0.1) is 11.7 Å². The van der Waals surface area contributed by atoms with Gasteiger partial charge in [-0.05, 0) is 25.3 Å². The number of hydrogen-bond acceptors (Lipinski definition) is 4.